The fraction of sp³-hybridized carbons (Fsp3) is 0.400. The van der Waals surface area contributed by atoms with Crippen LogP contribution in [0.1, 0.15) is 30.7 Å². The maximum Gasteiger partial charge on any atom is 0.101 e. The van der Waals surface area contributed by atoms with E-state index in [2.05, 4.69) is 65.2 Å². The largest absolute Gasteiger partial charge is 0.390 e. The molecule has 3 nitrogen and oxygen atoms in total. The van der Waals surface area contributed by atoms with Crippen molar-refractivity contribution >= 4 is 0 Å². The molecule has 122 valence electrons. The van der Waals surface area contributed by atoms with Crippen molar-refractivity contribution in [3.05, 3.63) is 72.8 Å². The van der Waals surface area contributed by atoms with E-state index < -0.39 is 0 Å². The Hall–Kier alpha value is -2.16. The maximum atomic E-state index is 4.37. The highest BCUT2D eigenvalue weighted by molar-refractivity contribution is 5.28. The van der Waals surface area contributed by atoms with Gasteiger partial charge in [0.2, 0.25) is 0 Å². The molecule has 2 unspecified atom stereocenters. The summed E-state index contributed by atoms with van der Waals surface area (Å²) in [7, 11) is 1.93. The molecule has 2 atom stereocenters. The molecule has 0 amide bonds. The minimum absolute atomic E-state index is 0.289. The van der Waals surface area contributed by atoms with Crippen LogP contribution in [0.15, 0.2) is 67.3 Å². The summed E-state index contributed by atoms with van der Waals surface area (Å²) < 4.78 is 0. The monoisotopic (exact) mass is 309 g/mol. The predicted octanol–water partition coefficient (Wildman–Crippen LogP) is 3.66. The number of nitrogens with zero attached hydrogens (tertiary/aromatic N) is 2. The van der Waals surface area contributed by atoms with Crippen LogP contribution in [0.4, 0.5) is 0 Å². The van der Waals surface area contributed by atoms with Gasteiger partial charge in [-0.1, -0.05) is 50.1 Å². The lowest BCUT2D eigenvalue weighted by Crippen LogP contribution is -2.52. The van der Waals surface area contributed by atoms with Crippen LogP contribution in [0, 0.1) is 0 Å². The van der Waals surface area contributed by atoms with Gasteiger partial charge in [-0.25, -0.2) is 0 Å². The number of benzene rings is 1. The molecule has 3 rings (SSSR count). The molecule has 0 aromatic heterocycles. The lowest BCUT2D eigenvalue weighted by molar-refractivity contribution is 0.134. The summed E-state index contributed by atoms with van der Waals surface area (Å²) >= 11 is 0. The minimum atomic E-state index is 0.289. The van der Waals surface area contributed by atoms with Gasteiger partial charge in [0, 0.05) is 43.9 Å². The van der Waals surface area contributed by atoms with Crippen LogP contribution in [0.2, 0.25) is 0 Å². The molecular formula is C20H27N3. The van der Waals surface area contributed by atoms with E-state index in [9.17, 15) is 0 Å². The van der Waals surface area contributed by atoms with Gasteiger partial charge >= 0.3 is 0 Å². The summed E-state index contributed by atoms with van der Waals surface area (Å²) in [5.41, 5.74) is 3.61. The van der Waals surface area contributed by atoms with Gasteiger partial charge in [0.05, 0.1) is 6.04 Å². The summed E-state index contributed by atoms with van der Waals surface area (Å²) in [6, 6.07) is 11.1. The fourth-order valence-corrected chi connectivity index (χ4v) is 3.69. The minimum Gasteiger partial charge on any atom is -0.390 e. The third-order valence-corrected chi connectivity index (χ3v) is 5.14. The van der Waals surface area contributed by atoms with Crippen molar-refractivity contribution < 1.29 is 0 Å². The van der Waals surface area contributed by atoms with Crippen LogP contribution in [-0.4, -0.2) is 36.0 Å². The zero-order valence-electron chi connectivity index (χ0n) is 14.1. The fourth-order valence-electron chi connectivity index (χ4n) is 3.69. The van der Waals surface area contributed by atoms with Gasteiger partial charge in [-0.3, -0.25) is 0 Å². The summed E-state index contributed by atoms with van der Waals surface area (Å²) in [5.74, 6) is 1.66. The predicted molar refractivity (Wildman–Crippen MR) is 96.7 cm³/mol. The van der Waals surface area contributed by atoms with E-state index in [1.807, 2.05) is 7.05 Å². The van der Waals surface area contributed by atoms with Crippen molar-refractivity contribution in [2.45, 2.75) is 31.2 Å². The average Bonchev–Trinajstić information content (AvgIpc) is 2.59. The molecule has 2 heterocycles. The molecule has 23 heavy (non-hydrogen) atoms. The highest BCUT2D eigenvalue weighted by atomic mass is 15.4. The van der Waals surface area contributed by atoms with Gasteiger partial charge < -0.3 is 15.1 Å². The zero-order valence-corrected chi connectivity index (χ0v) is 14.1. The van der Waals surface area contributed by atoms with E-state index in [1.165, 1.54) is 18.4 Å². The molecule has 0 radical (unpaired) electrons. The normalized spacial score (nSPS) is 24.1. The summed E-state index contributed by atoms with van der Waals surface area (Å²) in [6.45, 7) is 14.8. The molecule has 0 bridgehead atoms. The van der Waals surface area contributed by atoms with Crippen LogP contribution >= 0.6 is 0 Å². The van der Waals surface area contributed by atoms with E-state index in [0.717, 1.165) is 36.7 Å². The Morgan fingerprint density at radius 2 is 1.96 bits per heavy atom. The third-order valence-electron chi connectivity index (χ3n) is 5.14. The van der Waals surface area contributed by atoms with Crippen molar-refractivity contribution in [2.24, 2.45) is 0 Å². The van der Waals surface area contributed by atoms with Gasteiger partial charge in [0.25, 0.3) is 0 Å². The third kappa shape index (κ3) is 3.00. The number of rotatable bonds is 5. The zero-order chi connectivity index (χ0) is 16.4. The number of nitrogens with one attached hydrogen (secondary N) is 1. The molecule has 0 saturated carbocycles. The number of likely N-dealkylation sites (tertiary alicyclic amines) is 2. The molecule has 2 fully saturated rings. The van der Waals surface area contributed by atoms with E-state index in [4.69, 9.17) is 0 Å². The number of hydrogen-bond acceptors (Lipinski definition) is 3. The first-order valence-electron chi connectivity index (χ1n) is 8.44. The van der Waals surface area contributed by atoms with Crippen LogP contribution in [0.3, 0.4) is 0 Å². The van der Waals surface area contributed by atoms with Crippen molar-refractivity contribution in [2.75, 3.05) is 20.1 Å². The quantitative estimate of drug-likeness (QED) is 0.895. The van der Waals surface area contributed by atoms with E-state index in [1.54, 1.807) is 0 Å². The van der Waals surface area contributed by atoms with Gasteiger partial charge in [-0.2, -0.15) is 0 Å². The van der Waals surface area contributed by atoms with E-state index in [-0.39, 0.29) is 6.04 Å². The molecule has 1 N–H and O–H groups in total. The SMILES string of the molecule is C=C(NC)C1CC(=C)N1C(=C)N1CCCC(c2ccccc2)C1. The Bertz CT molecular complexity index is 605. The smallest absolute Gasteiger partial charge is 0.101 e. The molecule has 0 spiro atoms. The second kappa shape index (κ2) is 6.53. The molecule has 2 aliphatic heterocycles. The van der Waals surface area contributed by atoms with Gasteiger partial charge in [-0.05, 0) is 18.4 Å². The lowest BCUT2D eigenvalue weighted by Gasteiger charge is -2.50. The number of piperidine rings is 1. The topological polar surface area (TPSA) is 18.5 Å². The Morgan fingerprint density at radius 1 is 1.22 bits per heavy atom. The highest BCUT2D eigenvalue weighted by Gasteiger charge is 2.37. The van der Waals surface area contributed by atoms with Crippen LogP contribution in [-0.2, 0) is 0 Å². The molecule has 3 heteroatoms. The van der Waals surface area contributed by atoms with E-state index in [0.29, 0.717) is 5.92 Å². The van der Waals surface area contributed by atoms with Crippen LogP contribution in [0.25, 0.3) is 0 Å². The van der Waals surface area contributed by atoms with Gasteiger partial charge in [-0.15, -0.1) is 0 Å². The van der Waals surface area contributed by atoms with Crippen LogP contribution in [0.5, 0.6) is 0 Å². The standard InChI is InChI=1S/C20H27N3/c1-15-13-20(16(2)21-4)23(15)17(3)22-12-8-11-19(14-22)18-9-6-5-7-10-18/h5-7,9-10,19-21H,1-3,8,11-14H2,4H3. The Kier molecular flexibility index (Phi) is 4.46. The molecule has 0 aliphatic carbocycles. The first-order valence-corrected chi connectivity index (χ1v) is 8.44. The Morgan fingerprint density at radius 3 is 2.61 bits per heavy atom. The molecule has 2 saturated heterocycles. The first-order chi connectivity index (χ1) is 11.1. The molecule has 2 aliphatic rings. The average molecular weight is 309 g/mol. The summed E-state index contributed by atoms with van der Waals surface area (Å²) in [5, 5.41) is 3.17. The Balaban J connectivity index is 1.70. The number of hydrogen-bond donors (Lipinski definition) is 1. The molecule has 1 aromatic carbocycles. The van der Waals surface area contributed by atoms with Gasteiger partial charge in [0.1, 0.15) is 5.82 Å². The second-order valence-electron chi connectivity index (χ2n) is 6.54. The highest BCUT2D eigenvalue weighted by Crippen LogP contribution is 2.38. The first kappa shape index (κ1) is 15.7. The van der Waals surface area contributed by atoms with Crippen molar-refractivity contribution in [1.82, 2.24) is 15.1 Å². The second-order valence-corrected chi connectivity index (χ2v) is 6.54. The summed E-state index contributed by atoms with van der Waals surface area (Å²) in [6.07, 6.45) is 3.42. The van der Waals surface area contributed by atoms with Crippen molar-refractivity contribution in [1.29, 1.82) is 0 Å². The summed E-state index contributed by atoms with van der Waals surface area (Å²) in [4.78, 5) is 4.66. The van der Waals surface area contributed by atoms with Gasteiger partial charge in [0.15, 0.2) is 0 Å². The Labute approximate surface area is 140 Å². The molecule has 1 aromatic rings. The van der Waals surface area contributed by atoms with Crippen LogP contribution < -0.4 is 5.32 Å². The van der Waals surface area contributed by atoms with Crippen molar-refractivity contribution in [3.63, 3.8) is 0 Å². The van der Waals surface area contributed by atoms with Crippen molar-refractivity contribution in [3.8, 4) is 0 Å². The van der Waals surface area contributed by atoms with E-state index >= 15 is 0 Å². The maximum absolute atomic E-state index is 4.37. The molecular weight excluding hydrogens is 282 g/mol. The number of likely N-dealkylation sites (N-methyl/N-ethyl adjacent to an activating group) is 1. The lowest BCUT2D eigenvalue weighted by atomic mass is 9.90.